The zero-order chi connectivity index (χ0) is 19.2. The molecule has 27 heavy (non-hydrogen) atoms. The van der Waals surface area contributed by atoms with Crippen molar-refractivity contribution in [2.45, 2.75) is 43.7 Å². The maximum absolute atomic E-state index is 14.2. The molecule has 3 heterocycles. The van der Waals surface area contributed by atoms with Crippen LogP contribution in [-0.2, 0) is 23.1 Å². The maximum atomic E-state index is 14.2. The van der Waals surface area contributed by atoms with Crippen LogP contribution in [0.5, 0.6) is 0 Å². The van der Waals surface area contributed by atoms with Gasteiger partial charge in [-0.15, -0.1) is 10.2 Å². The Labute approximate surface area is 156 Å². The SMILES string of the molecule is Cc1cc(F)c(S(=O)(=O)N2CCC(c3nnc4n3CCNC4)CC2)cc1F. The minimum absolute atomic E-state index is 0.0798. The Morgan fingerprint density at radius 3 is 2.59 bits per heavy atom. The molecule has 2 aromatic rings. The third-order valence-electron chi connectivity index (χ3n) is 5.30. The lowest BCUT2D eigenvalue weighted by Gasteiger charge is -2.31. The van der Waals surface area contributed by atoms with Gasteiger partial charge in [0.15, 0.2) is 0 Å². The van der Waals surface area contributed by atoms with Crippen molar-refractivity contribution in [3.63, 3.8) is 0 Å². The highest BCUT2D eigenvalue weighted by Crippen LogP contribution is 2.31. The number of nitrogens with one attached hydrogen (secondary N) is 1. The Morgan fingerprint density at radius 2 is 1.85 bits per heavy atom. The van der Waals surface area contributed by atoms with Crippen LogP contribution < -0.4 is 5.32 Å². The quantitative estimate of drug-likeness (QED) is 0.850. The largest absolute Gasteiger partial charge is 0.312 e. The highest BCUT2D eigenvalue weighted by molar-refractivity contribution is 7.89. The fraction of sp³-hybridized carbons (Fsp3) is 0.529. The summed E-state index contributed by atoms with van der Waals surface area (Å²) >= 11 is 0. The van der Waals surface area contributed by atoms with Crippen molar-refractivity contribution in [2.24, 2.45) is 0 Å². The fourth-order valence-electron chi connectivity index (χ4n) is 3.74. The van der Waals surface area contributed by atoms with Crippen molar-refractivity contribution in [1.29, 1.82) is 0 Å². The standard InChI is InChI=1S/C17H21F2N5O2S/c1-11-8-14(19)15(9-13(11)18)27(25,26)23-5-2-12(3-6-23)17-22-21-16-10-20-4-7-24(16)17/h8-9,12,20H,2-7,10H2,1H3. The van der Waals surface area contributed by atoms with Crippen molar-refractivity contribution in [3.8, 4) is 0 Å². The molecular weight excluding hydrogens is 376 g/mol. The molecule has 146 valence electrons. The molecule has 0 aliphatic carbocycles. The number of hydrogen-bond acceptors (Lipinski definition) is 5. The van der Waals surface area contributed by atoms with Crippen LogP contribution in [0, 0.1) is 18.6 Å². The molecule has 0 spiro atoms. The van der Waals surface area contributed by atoms with Crippen LogP contribution in [0.3, 0.4) is 0 Å². The molecule has 1 fully saturated rings. The first-order chi connectivity index (χ1) is 12.9. The number of sulfonamides is 1. The van der Waals surface area contributed by atoms with E-state index in [1.165, 1.54) is 11.2 Å². The first-order valence-electron chi connectivity index (χ1n) is 8.96. The van der Waals surface area contributed by atoms with E-state index < -0.39 is 26.6 Å². The molecule has 0 saturated carbocycles. The summed E-state index contributed by atoms with van der Waals surface area (Å²) in [5.41, 5.74) is 0.0798. The average molecular weight is 397 g/mol. The summed E-state index contributed by atoms with van der Waals surface area (Å²) in [6.07, 6.45) is 1.14. The predicted octanol–water partition coefficient (Wildman–Crippen LogP) is 1.54. The maximum Gasteiger partial charge on any atom is 0.246 e. The lowest BCUT2D eigenvalue weighted by molar-refractivity contribution is 0.306. The van der Waals surface area contributed by atoms with Crippen LogP contribution in [-0.4, -0.2) is 47.1 Å². The highest BCUT2D eigenvalue weighted by atomic mass is 32.2. The highest BCUT2D eigenvalue weighted by Gasteiger charge is 2.34. The van der Waals surface area contributed by atoms with Gasteiger partial charge in [0, 0.05) is 32.1 Å². The van der Waals surface area contributed by atoms with Gasteiger partial charge in [0.1, 0.15) is 28.2 Å². The average Bonchev–Trinajstić information content (AvgIpc) is 3.09. The Kier molecular flexibility index (Phi) is 4.73. The minimum Gasteiger partial charge on any atom is -0.312 e. The van der Waals surface area contributed by atoms with Crippen molar-refractivity contribution in [3.05, 3.63) is 41.0 Å². The second-order valence-electron chi connectivity index (χ2n) is 7.01. The molecule has 1 aromatic carbocycles. The first-order valence-corrected chi connectivity index (χ1v) is 10.4. The Hall–Kier alpha value is -1.91. The number of piperidine rings is 1. The molecule has 2 aliphatic rings. The van der Waals surface area contributed by atoms with E-state index in [-0.39, 0.29) is 24.6 Å². The van der Waals surface area contributed by atoms with Gasteiger partial charge >= 0.3 is 0 Å². The fourth-order valence-corrected chi connectivity index (χ4v) is 5.26. The van der Waals surface area contributed by atoms with E-state index in [0.717, 1.165) is 36.9 Å². The number of fused-ring (bicyclic) bond motifs is 1. The number of aromatic nitrogens is 3. The van der Waals surface area contributed by atoms with Crippen molar-refractivity contribution < 1.29 is 17.2 Å². The molecule has 0 atom stereocenters. The van der Waals surface area contributed by atoms with Gasteiger partial charge in [-0.25, -0.2) is 17.2 Å². The Balaban J connectivity index is 1.52. The second-order valence-corrected chi connectivity index (χ2v) is 8.92. The summed E-state index contributed by atoms with van der Waals surface area (Å²) in [4.78, 5) is -0.602. The molecule has 1 saturated heterocycles. The smallest absolute Gasteiger partial charge is 0.246 e. The molecule has 1 N–H and O–H groups in total. The van der Waals surface area contributed by atoms with E-state index >= 15 is 0 Å². The molecular formula is C17H21F2N5O2S. The van der Waals surface area contributed by atoms with Crippen LogP contribution in [0.4, 0.5) is 8.78 Å². The lowest BCUT2D eigenvalue weighted by atomic mass is 9.97. The van der Waals surface area contributed by atoms with Crippen molar-refractivity contribution >= 4 is 10.0 Å². The first kappa shape index (κ1) is 18.5. The van der Waals surface area contributed by atoms with Gasteiger partial charge < -0.3 is 9.88 Å². The van der Waals surface area contributed by atoms with Crippen molar-refractivity contribution in [2.75, 3.05) is 19.6 Å². The monoisotopic (exact) mass is 397 g/mol. The van der Waals surface area contributed by atoms with Crippen LogP contribution >= 0.6 is 0 Å². The van der Waals surface area contributed by atoms with Crippen LogP contribution in [0.2, 0.25) is 0 Å². The van der Waals surface area contributed by atoms with E-state index in [9.17, 15) is 17.2 Å². The van der Waals surface area contributed by atoms with E-state index in [1.54, 1.807) is 0 Å². The number of nitrogens with zero attached hydrogens (tertiary/aromatic N) is 4. The molecule has 1 aromatic heterocycles. The number of rotatable bonds is 3. The van der Waals surface area contributed by atoms with Gasteiger partial charge in [-0.2, -0.15) is 4.31 Å². The van der Waals surface area contributed by atoms with E-state index in [0.29, 0.717) is 19.4 Å². The number of benzene rings is 1. The van der Waals surface area contributed by atoms with Gasteiger partial charge in [0.2, 0.25) is 10.0 Å². The number of aryl methyl sites for hydroxylation is 1. The molecule has 0 unspecified atom stereocenters. The summed E-state index contributed by atoms with van der Waals surface area (Å²) < 4.78 is 56.8. The summed E-state index contributed by atoms with van der Waals surface area (Å²) in [6, 6.07) is 1.69. The second kappa shape index (κ2) is 6.92. The topological polar surface area (TPSA) is 80.1 Å². The minimum atomic E-state index is -4.08. The molecule has 7 nitrogen and oxygen atoms in total. The van der Waals surface area contributed by atoms with Gasteiger partial charge in [0.05, 0.1) is 6.54 Å². The summed E-state index contributed by atoms with van der Waals surface area (Å²) in [5.74, 6) is 0.235. The van der Waals surface area contributed by atoms with E-state index in [2.05, 4.69) is 20.1 Å². The lowest BCUT2D eigenvalue weighted by Crippen LogP contribution is -2.39. The number of halogens is 2. The summed E-state index contributed by atoms with van der Waals surface area (Å²) in [6.45, 7) is 4.20. The molecule has 4 rings (SSSR count). The Morgan fingerprint density at radius 1 is 1.11 bits per heavy atom. The summed E-state index contributed by atoms with van der Waals surface area (Å²) in [7, 11) is -4.08. The predicted molar refractivity (Wildman–Crippen MR) is 93.6 cm³/mol. The molecule has 10 heteroatoms. The molecule has 0 radical (unpaired) electrons. The summed E-state index contributed by atoms with van der Waals surface area (Å²) in [5, 5.41) is 11.7. The van der Waals surface area contributed by atoms with E-state index in [1.807, 2.05) is 0 Å². The van der Waals surface area contributed by atoms with Gasteiger partial charge in [-0.1, -0.05) is 0 Å². The van der Waals surface area contributed by atoms with Crippen LogP contribution in [0.1, 0.15) is 36.0 Å². The van der Waals surface area contributed by atoms with E-state index in [4.69, 9.17) is 0 Å². The van der Waals surface area contributed by atoms with Crippen molar-refractivity contribution in [1.82, 2.24) is 24.4 Å². The van der Waals surface area contributed by atoms with Crippen LogP contribution in [0.15, 0.2) is 17.0 Å². The van der Waals surface area contributed by atoms with Gasteiger partial charge in [-0.3, -0.25) is 0 Å². The third-order valence-corrected chi connectivity index (χ3v) is 7.22. The van der Waals surface area contributed by atoms with Crippen LogP contribution in [0.25, 0.3) is 0 Å². The Bertz CT molecular complexity index is 968. The van der Waals surface area contributed by atoms with Gasteiger partial charge in [-0.05, 0) is 37.5 Å². The molecule has 2 aliphatic heterocycles. The normalized spacial score (nSPS) is 19.2. The molecule has 0 bridgehead atoms. The van der Waals surface area contributed by atoms with Gasteiger partial charge in [0.25, 0.3) is 0 Å². The third kappa shape index (κ3) is 3.26. The zero-order valence-corrected chi connectivity index (χ0v) is 15.8. The molecule has 0 amide bonds. The zero-order valence-electron chi connectivity index (χ0n) is 15.0. The number of hydrogen-bond donors (Lipinski definition) is 1.